The number of rotatable bonds is 65. The van der Waals surface area contributed by atoms with Crippen LogP contribution in [0.3, 0.4) is 0 Å². The van der Waals surface area contributed by atoms with Gasteiger partial charge in [-0.2, -0.15) is 0 Å². The van der Waals surface area contributed by atoms with Crippen molar-refractivity contribution in [2.75, 3.05) is 13.2 Å². The summed E-state index contributed by atoms with van der Waals surface area (Å²) in [5.41, 5.74) is 0. The second-order valence-electron chi connectivity index (χ2n) is 23.8. The van der Waals surface area contributed by atoms with Gasteiger partial charge in [-0.05, 0) is 96.3 Å². The first-order valence-electron chi connectivity index (χ1n) is 35.6. The second kappa shape index (κ2) is 70.1. The summed E-state index contributed by atoms with van der Waals surface area (Å²) in [7, 11) is 0. The topological polar surface area (TPSA) is 78.9 Å². The van der Waals surface area contributed by atoms with Gasteiger partial charge in [0, 0.05) is 19.3 Å². The van der Waals surface area contributed by atoms with Crippen molar-refractivity contribution >= 4 is 17.9 Å². The van der Waals surface area contributed by atoms with Gasteiger partial charge >= 0.3 is 17.9 Å². The minimum atomic E-state index is -0.788. The molecular formula is C76H134O6. The van der Waals surface area contributed by atoms with Crippen LogP contribution < -0.4 is 0 Å². The van der Waals surface area contributed by atoms with Crippen LogP contribution in [0.1, 0.15) is 361 Å². The Morgan fingerprint density at radius 2 is 0.476 bits per heavy atom. The first kappa shape index (κ1) is 78.6. The van der Waals surface area contributed by atoms with Crippen LogP contribution in [0.5, 0.6) is 0 Å². The molecule has 0 N–H and O–H groups in total. The van der Waals surface area contributed by atoms with Crippen LogP contribution in [0, 0.1) is 0 Å². The van der Waals surface area contributed by atoms with E-state index in [4.69, 9.17) is 14.2 Å². The molecule has 6 nitrogen and oxygen atoms in total. The summed E-state index contributed by atoms with van der Waals surface area (Å²) in [6, 6.07) is 0. The number of unbranched alkanes of at least 4 members (excludes halogenated alkanes) is 40. The van der Waals surface area contributed by atoms with Crippen molar-refractivity contribution in [2.24, 2.45) is 0 Å². The maximum Gasteiger partial charge on any atom is 0.306 e. The van der Waals surface area contributed by atoms with Gasteiger partial charge in [-0.1, -0.05) is 331 Å². The maximum absolute atomic E-state index is 13.0. The summed E-state index contributed by atoms with van der Waals surface area (Å²) in [6.45, 7) is 6.54. The molecule has 0 fully saturated rings. The first-order chi connectivity index (χ1) is 40.5. The number of hydrogen-bond acceptors (Lipinski definition) is 6. The Labute approximate surface area is 509 Å². The average molecular weight is 1140 g/mol. The molecule has 6 heteroatoms. The normalized spacial score (nSPS) is 12.6. The molecule has 0 spiro atoms. The van der Waals surface area contributed by atoms with E-state index in [1.165, 1.54) is 212 Å². The van der Waals surface area contributed by atoms with E-state index in [0.29, 0.717) is 19.3 Å². The molecular weight excluding hydrogens is 1010 g/mol. The molecule has 0 aromatic heterocycles. The van der Waals surface area contributed by atoms with Crippen LogP contribution in [0.2, 0.25) is 0 Å². The van der Waals surface area contributed by atoms with Crippen LogP contribution in [0.4, 0.5) is 0 Å². The lowest BCUT2D eigenvalue weighted by Gasteiger charge is -2.18. The Balaban J connectivity index is 4.36. The van der Waals surface area contributed by atoms with Crippen molar-refractivity contribution in [2.45, 2.75) is 367 Å². The number of ether oxygens (including phenoxy) is 3. The van der Waals surface area contributed by atoms with Crippen molar-refractivity contribution in [3.05, 3.63) is 85.1 Å². The lowest BCUT2D eigenvalue weighted by atomic mass is 10.0. The van der Waals surface area contributed by atoms with Gasteiger partial charge in [0.05, 0.1) is 0 Å². The van der Waals surface area contributed by atoms with Gasteiger partial charge in [0.15, 0.2) is 6.10 Å². The second-order valence-corrected chi connectivity index (χ2v) is 23.8. The van der Waals surface area contributed by atoms with Crippen LogP contribution in [-0.4, -0.2) is 37.2 Å². The van der Waals surface area contributed by atoms with E-state index in [1.54, 1.807) is 0 Å². The van der Waals surface area contributed by atoms with Crippen molar-refractivity contribution in [3.63, 3.8) is 0 Å². The summed E-state index contributed by atoms with van der Waals surface area (Å²) >= 11 is 0. The number of carbonyl (C=O) groups excluding carboxylic acids is 3. The number of hydrogen-bond donors (Lipinski definition) is 0. The lowest BCUT2D eigenvalue weighted by molar-refractivity contribution is -0.167. The molecule has 474 valence electrons. The lowest BCUT2D eigenvalue weighted by Crippen LogP contribution is -2.30. The van der Waals surface area contributed by atoms with Crippen LogP contribution >= 0.6 is 0 Å². The minimum absolute atomic E-state index is 0.0805. The highest BCUT2D eigenvalue weighted by atomic mass is 16.6. The molecule has 0 aromatic carbocycles. The summed E-state index contributed by atoms with van der Waals surface area (Å²) in [6.07, 6.45) is 93.2. The van der Waals surface area contributed by atoms with E-state index in [9.17, 15) is 14.4 Å². The summed E-state index contributed by atoms with van der Waals surface area (Å²) in [4.78, 5) is 38.5. The Bertz CT molecular complexity index is 1550. The van der Waals surface area contributed by atoms with E-state index in [1.807, 2.05) is 0 Å². The summed E-state index contributed by atoms with van der Waals surface area (Å²) in [5.74, 6) is -0.880. The molecule has 0 aliphatic heterocycles. The molecule has 0 radical (unpaired) electrons. The third-order valence-electron chi connectivity index (χ3n) is 15.6. The molecule has 0 rings (SSSR count). The number of carbonyl (C=O) groups is 3. The van der Waals surface area contributed by atoms with E-state index in [2.05, 4.69) is 106 Å². The van der Waals surface area contributed by atoms with E-state index in [0.717, 1.165) is 109 Å². The Hall–Kier alpha value is -3.41. The molecule has 82 heavy (non-hydrogen) atoms. The third-order valence-corrected chi connectivity index (χ3v) is 15.6. The predicted octanol–water partition coefficient (Wildman–Crippen LogP) is 24.6. The highest BCUT2D eigenvalue weighted by Crippen LogP contribution is 2.18. The molecule has 0 heterocycles. The summed E-state index contributed by atoms with van der Waals surface area (Å²) < 4.78 is 17.0. The fourth-order valence-electron chi connectivity index (χ4n) is 10.3. The summed E-state index contributed by atoms with van der Waals surface area (Å²) in [5, 5.41) is 0. The predicted molar refractivity (Wildman–Crippen MR) is 358 cm³/mol. The minimum Gasteiger partial charge on any atom is -0.462 e. The molecule has 0 saturated heterocycles. The smallest absolute Gasteiger partial charge is 0.306 e. The van der Waals surface area contributed by atoms with Crippen molar-refractivity contribution in [3.8, 4) is 0 Å². The van der Waals surface area contributed by atoms with Gasteiger partial charge in [-0.25, -0.2) is 0 Å². The molecule has 0 aliphatic rings. The van der Waals surface area contributed by atoms with E-state index in [-0.39, 0.29) is 31.1 Å². The maximum atomic E-state index is 13.0. The average Bonchev–Trinajstić information content (AvgIpc) is 3.47. The highest BCUT2D eigenvalue weighted by Gasteiger charge is 2.19. The molecule has 1 unspecified atom stereocenters. The number of esters is 3. The molecule has 0 bridgehead atoms. The Morgan fingerprint density at radius 3 is 0.768 bits per heavy atom. The zero-order valence-corrected chi connectivity index (χ0v) is 54.5. The monoisotopic (exact) mass is 1140 g/mol. The van der Waals surface area contributed by atoms with Crippen molar-refractivity contribution < 1.29 is 28.6 Å². The SMILES string of the molecule is CC/C=C\C/C=C\C/C=C\C/C=C\C/C=C\CCCCCCCCCC(=O)OC(COC(=O)CCCCCCCCC/C=C\C/C=C\CCCCC)COC(=O)CCCCCCCCCCCCCCCCCCCCCCCCCC. The quantitative estimate of drug-likeness (QED) is 0.0261. The third kappa shape index (κ3) is 67.4. The fraction of sp³-hybridized carbons (Fsp3) is 0.776. The van der Waals surface area contributed by atoms with Gasteiger partial charge in [0.2, 0.25) is 0 Å². The van der Waals surface area contributed by atoms with Crippen LogP contribution in [0.25, 0.3) is 0 Å². The van der Waals surface area contributed by atoms with Gasteiger partial charge < -0.3 is 14.2 Å². The largest absolute Gasteiger partial charge is 0.462 e. The Morgan fingerprint density at radius 1 is 0.256 bits per heavy atom. The fourth-order valence-corrected chi connectivity index (χ4v) is 10.3. The molecule has 0 aromatic rings. The highest BCUT2D eigenvalue weighted by molar-refractivity contribution is 5.71. The van der Waals surface area contributed by atoms with Crippen LogP contribution in [-0.2, 0) is 28.6 Å². The van der Waals surface area contributed by atoms with Gasteiger partial charge in [0.1, 0.15) is 13.2 Å². The standard InChI is InChI=1S/C76H134O6/c1-4-7-10-13-16-19-22-25-28-31-33-35-37-39-40-42-45-48-51-54-57-60-63-66-69-75(78)81-72-73(71-80-74(77)68-65-62-59-56-53-50-47-44-30-27-24-21-18-15-12-9-6-3)82-76(79)70-67-64-61-58-55-52-49-46-43-41-38-36-34-32-29-26-23-20-17-14-11-8-5-2/h8,11,17-18,20-21,26-27,29-30,34,36,41,43,73H,4-7,9-10,12-16,19,22-25,28,31-33,35,37-40,42,44-72H2,1-3H3/b11-8-,20-17-,21-18-,29-26-,30-27-,36-34-,43-41-. The zero-order valence-electron chi connectivity index (χ0n) is 54.5. The molecule has 0 aliphatic carbocycles. The van der Waals surface area contributed by atoms with Crippen molar-refractivity contribution in [1.29, 1.82) is 0 Å². The zero-order chi connectivity index (χ0) is 59.2. The van der Waals surface area contributed by atoms with Gasteiger partial charge in [-0.15, -0.1) is 0 Å². The van der Waals surface area contributed by atoms with E-state index < -0.39 is 6.10 Å². The van der Waals surface area contributed by atoms with Gasteiger partial charge in [0.25, 0.3) is 0 Å². The first-order valence-corrected chi connectivity index (χ1v) is 35.6. The Kier molecular flexibility index (Phi) is 67.2. The molecule has 0 saturated carbocycles. The van der Waals surface area contributed by atoms with E-state index >= 15 is 0 Å². The molecule has 1 atom stereocenters. The molecule has 0 amide bonds. The van der Waals surface area contributed by atoms with Crippen molar-refractivity contribution in [1.82, 2.24) is 0 Å². The van der Waals surface area contributed by atoms with Crippen LogP contribution in [0.15, 0.2) is 85.1 Å². The number of allylic oxidation sites excluding steroid dienone is 14. The van der Waals surface area contributed by atoms with Gasteiger partial charge in [-0.3, -0.25) is 14.4 Å².